The Morgan fingerprint density at radius 3 is 2.46 bits per heavy atom. The molecule has 5 nitrogen and oxygen atoms in total. The topological polar surface area (TPSA) is 68.5 Å². The van der Waals surface area contributed by atoms with Crippen molar-refractivity contribution in [1.29, 1.82) is 0 Å². The van der Waals surface area contributed by atoms with Gasteiger partial charge in [-0.3, -0.25) is 4.79 Å². The van der Waals surface area contributed by atoms with Crippen molar-refractivity contribution in [2.24, 2.45) is 11.1 Å². The molecule has 2 rings (SSSR count). The summed E-state index contributed by atoms with van der Waals surface area (Å²) in [5, 5.41) is 0. The van der Waals surface area contributed by atoms with Gasteiger partial charge < -0.3 is 15.4 Å². The Balaban J connectivity index is 2.03. The number of hydrogen-bond donors (Lipinski definition) is 1. The minimum atomic E-state index is -0.123. The van der Waals surface area contributed by atoms with E-state index in [9.17, 15) is 4.79 Å². The first-order valence-electron chi connectivity index (χ1n) is 7.66. The largest absolute Gasteiger partial charge is 0.439 e. The van der Waals surface area contributed by atoms with Crippen LogP contribution in [0.3, 0.4) is 0 Å². The number of nitrogens with two attached hydrogens (primary N) is 1. The van der Waals surface area contributed by atoms with Gasteiger partial charge in [-0.15, -0.1) is 0 Å². The molecule has 2 N–H and O–H groups in total. The quantitative estimate of drug-likeness (QED) is 0.814. The second-order valence-electron chi connectivity index (χ2n) is 6.47. The molecule has 1 amide bonds. The van der Waals surface area contributed by atoms with E-state index in [1.807, 2.05) is 38.1 Å². The van der Waals surface area contributed by atoms with Crippen molar-refractivity contribution in [2.45, 2.75) is 13.8 Å². The minimum Gasteiger partial charge on any atom is -0.439 e. The summed E-state index contributed by atoms with van der Waals surface area (Å²) in [6.45, 7) is 5.16. The van der Waals surface area contributed by atoms with Gasteiger partial charge in [0.2, 0.25) is 5.88 Å². The van der Waals surface area contributed by atoms with Crippen LogP contribution in [0.1, 0.15) is 24.2 Å². The van der Waals surface area contributed by atoms with Gasteiger partial charge in [-0.05, 0) is 42.3 Å². The molecule has 1 heterocycles. The van der Waals surface area contributed by atoms with E-state index in [1.165, 1.54) is 6.20 Å². The van der Waals surface area contributed by atoms with Crippen LogP contribution in [0, 0.1) is 5.41 Å². The summed E-state index contributed by atoms with van der Waals surface area (Å²) >= 11 is 3.37. The van der Waals surface area contributed by atoms with E-state index in [-0.39, 0.29) is 11.3 Å². The van der Waals surface area contributed by atoms with E-state index in [4.69, 9.17) is 10.5 Å². The van der Waals surface area contributed by atoms with E-state index >= 15 is 0 Å². The molecule has 24 heavy (non-hydrogen) atoms. The number of aromatic nitrogens is 1. The maximum Gasteiger partial charge on any atom is 0.255 e. The van der Waals surface area contributed by atoms with E-state index in [1.54, 1.807) is 24.1 Å². The average Bonchev–Trinajstić information content (AvgIpc) is 2.56. The smallest absolute Gasteiger partial charge is 0.255 e. The summed E-state index contributed by atoms with van der Waals surface area (Å²) in [6.07, 6.45) is 1.53. The fourth-order valence-electron chi connectivity index (χ4n) is 2.19. The third-order valence-electron chi connectivity index (χ3n) is 3.58. The van der Waals surface area contributed by atoms with Crippen LogP contribution in [0.25, 0.3) is 0 Å². The molecule has 128 valence electrons. The molecule has 0 saturated carbocycles. The summed E-state index contributed by atoms with van der Waals surface area (Å²) in [6, 6.07) is 10.9. The Hall–Kier alpha value is -1.92. The van der Waals surface area contributed by atoms with Gasteiger partial charge in [0.15, 0.2) is 0 Å². The van der Waals surface area contributed by atoms with Crippen molar-refractivity contribution in [3.05, 3.63) is 52.6 Å². The number of ether oxygens (including phenoxy) is 1. The Morgan fingerprint density at radius 2 is 1.92 bits per heavy atom. The van der Waals surface area contributed by atoms with Gasteiger partial charge >= 0.3 is 0 Å². The highest BCUT2D eigenvalue weighted by molar-refractivity contribution is 9.10. The molecule has 0 aliphatic carbocycles. The van der Waals surface area contributed by atoms with Gasteiger partial charge in [-0.1, -0.05) is 29.8 Å². The van der Waals surface area contributed by atoms with Crippen LogP contribution in [0.2, 0.25) is 0 Å². The van der Waals surface area contributed by atoms with E-state index in [0.29, 0.717) is 30.3 Å². The van der Waals surface area contributed by atoms with Gasteiger partial charge in [0.25, 0.3) is 5.91 Å². The maximum absolute atomic E-state index is 12.4. The van der Waals surface area contributed by atoms with Gasteiger partial charge in [0, 0.05) is 30.3 Å². The summed E-state index contributed by atoms with van der Waals surface area (Å²) in [4.78, 5) is 18.3. The van der Waals surface area contributed by atoms with Crippen molar-refractivity contribution in [1.82, 2.24) is 9.88 Å². The molecule has 0 fully saturated rings. The predicted molar refractivity (Wildman–Crippen MR) is 98.2 cm³/mol. The zero-order valence-electron chi connectivity index (χ0n) is 14.1. The van der Waals surface area contributed by atoms with Crippen molar-refractivity contribution >= 4 is 21.8 Å². The number of carbonyl (C=O) groups excluding carboxylic acids is 1. The van der Waals surface area contributed by atoms with E-state index in [2.05, 4.69) is 20.9 Å². The van der Waals surface area contributed by atoms with Crippen LogP contribution >= 0.6 is 15.9 Å². The molecule has 0 radical (unpaired) electrons. The summed E-state index contributed by atoms with van der Waals surface area (Å²) in [7, 11) is 1.77. The first-order valence-corrected chi connectivity index (χ1v) is 8.45. The third kappa shape index (κ3) is 5.04. The highest BCUT2D eigenvalue weighted by atomic mass is 79.9. The van der Waals surface area contributed by atoms with Crippen molar-refractivity contribution in [3.63, 3.8) is 0 Å². The maximum atomic E-state index is 12.4. The first-order chi connectivity index (χ1) is 11.3. The number of pyridine rings is 1. The van der Waals surface area contributed by atoms with Gasteiger partial charge in [0.1, 0.15) is 5.75 Å². The van der Waals surface area contributed by atoms with Crippen LogP contribution in [-0.2, 0) is 0 Å². The standard InChI is InChI=1S/C18H22BrN3O2/c1-18(2,11-20)12-22(3)17(23)13-4-9-16(21-10-13)24-15-7-5-14(19)6-8-15/h4-10H,11-12,20H2,1-3H3. The molecule has 0 unspecified atom stereocenters. The Morgan fingerprint density at radius 1 is 1.25 bits per heavy atom. The van der Waals surface area contributed by atoms with Crippen molar-refractivity contribution in [3.8, 4) is 11.6 Å². The Kier molecular flexibility index (Phi) is 5.96. The highest BCUT2D eigenvalue weighted by Gasteiger charge is 2.22. The van der Waals surface area contributed by atoms with Crippen LogP contribution < -0.4 is 10.5 Å². The number of amides is 1. The SMILES string of the molecule is CN(CC(C)(C)CN)C(=O)c1ccc(Oc2ccc(Br)cc2)nc1. The lowest BCUT2D eigenvalue weighted by molar-refractivity contribution is 0.0740. The fraction of sp³-hybridized carbons (Fsp3) is 0.333. The predicted octanol–water partition coefficient (Wildman–Crippen LogP) is 3.69. The molecule has 2 aromatic rings. The van der Waals surface area contributed by atoms with Crippen LogP contribution in [0.4, 0.5) is 0 Å². The molecule has 0 spiro atoms. The second kappa shape index (κ2) is 7.77. The monoisotopic (exact) mass is 391 g/mol. The minimum absolute atomic E-state index is 0.0841. The Bertz CT molecular complexity index is 684. The van der Waals surface area contributed by atoms with Crippen molar-refractivity contribution in [2.75, 3.05) is 20.1 Å². The molecule has 0 bridgehead atoms. The number of rotatable bonds is 6. The van der Waals surface area contributed by atoms with Crippen molar-refractivity contribution < 1.29 is 9.53 Å². The Labute approximate surface area is 151 Å². The molecular weight excluding hydrogens is 370 g/mol. The second-order valence-corrected chi connectivity index (χ2v) is 7.39. The summed E-state index contributed by atoms with van der Waals surface area (Å²) in [5.41, 5.74) is 6.13. The fourth-order valence-corrected chi connectivity index (χ4v) is 2.45. The molecule has 6 heteroatoms. The number of hydrogen-bond acceptors (Lipinski definition) is 4. The number of nitrogens with zero attached hydrogens (tertiary/aromatic N) is 2. The lowest BCUT2D eigenvalue weighted by Gasteiger charge is -2.29. The van der Waals surface area contributed by atoms with Gasteiger partial charge in [-0.2, -0.15) is 0 Å². The van der Waals surface area contributed by atoms with Crippen LogP contribution in [-0.4, -0.2) is 35.9 Å². The van der Waals surface area contributed by atoms with Gasteiger partial charge in [0.05, 0.1) is 5.56 Å². The third-order valence-corrected chi connectivity index (χ3v) is 4.11. The number of benzene rings is 1. The summed E-state index contributed by atoms with van der Waals surface area (Å²) in [5.74, 6) is 1.05. The molecule has 1 aromatic carbocycles. The molecular formula is C18H22BrN3O2. The molecule has 0 aliphatic rings. The van der Waals surface area contributed by atoms with Crippen LogP contribution in [0.15, 0.2) is 47.1 Å². The average molecular weight is 392 g/mol. The first kappa shape index (κ1) is 18.4. The molecule has 0 aliphatic heterocycles. The zero-order chi connectivity index (χ0) is 17.7. The van der Waals surface area contributed by atoms with Crippen LogP contribution in [0.5, 0.6) is 11.6 Å². The summed E-state index contributed by atoms with van der Waals surface area (Å²) < 4.78 is 6.63. The highest BCUT2D eigenvalue weighted by Crippen LogP contribution is 2.22. The number of carbonyl (C=O) groups is 1. The van der Waals surface area contributed by atoms with Gasteiger partial charge in [-0.25, -0.2) is 4.98 Å². The number of halogens is 1. The molecule has 1 aromatic heterocycles. The van der Waals surface area contributed by atoms with E-state index in [0.717, 1.165) is 4.47 Å². The molecule has 0 saturated heterocycles. The molecule has 0 atom stereocenters. The normalized spacial score (nSPS) is 11.2. The zero-order valence-corrected chi connectivity index (χ0v) is 15.7. The lowest BCUT2D eigenvalue weighted by atomic mass is 9.93. The lowest BCUT2D eigenvalue weighted by Crippen LogP contribution is -2.39. The van der Waals surface area contributed by atoms with E-state index < -0.39 is 0 Å².